The minimum Gasteiger partial charge on any atom is -0.450 e. The van der Waals surface area contributed by atoms with Gasteiger partial charge in [0.1, 0.15) is 0 Å². The maximum atomic E-state index is 12.3. The van der Waals surface area contributed by atoms with Crippen LogP contribution >= 0.6 is 0 Å². The molecule has 2 rings (SSSR count). The molecular formula is C20H31N3O3. The van der Waals surface area contributed by atoms with Crippen molar-refractivity contribution in [2.75, 3.05) is 44.7 Å². The lowest BCUT2D eigenvalue weighted by Crippen LogP contribution is -2.45. The van der Waals surface area contributed by atoms with Crippen LogP contribution in [0, 0.1) is 5.92 Å². The molecule has 144 valence electrons. The summed E-state index contributed by atoms with van der Waals surface area (Å²) in [4.78, 5) is 28.0. The van der Waals surface area contributed by atoms with Gasteiger partial charge in [0.15, 0.2) is 0 Å². The van der Waals surface area contributed by atoms with Crippen molar-refractivity contribution < 1.29 is 14.3 Å². The van der Waals surface area contributed by atoms with Gasteiger partial charge in [0.2, 0.25) is 5.91 Å². The summed E-state index contributed by atoms with van der Waals surface area (Å²) in [6, 6.07) is 10.3. The van der Waals surface area contributed by atoms with Gasteiger partial charge in [0, 0.05) is 38.9 Å². The molecule has 1 aromatic rings. The molecule has 1 heterocycles. The topological polar surface area (TPSA) is 61.9 Å². The zero-order valence-electron chi connectivity index (χ0n) is 15.9. The number of para-hydroxylation sites is 1. The fraction of sp³-hybridized carbons (Fsp3) is 0.600. The van der Waals surface area contributed by atoms with E-state index in [0.29, 0.717) is 26.2 Å². The highest BCUT2D eigenvalue weighted by molar-refractivity contribution is 5.79. The molecule has 1 saturated heterocycles. The van der Waals surface area contributed by atoms with E-state index >= 15 is 0 Å². The molecule has 6 heteroatoms. The molecule has 1 aliphatic rings. The van der Waals surface area contributed by atoms with Crippen LogP contribution in [0.4, 0.5) is 10.5 Å². The molecule has 1 fully saturated rings. The van der Waals surface area contributed by atoms with E-state index < -0.39 is 0 Å². The molecule has 1 aromatic carbocycles. The first-order valence-corrected chi connectivity index (χ1v) is 9.57. The third-order valence-corrected chi connectivity index (χ3v) is 4.73. The van der Waals surface area contributed by atoms with Crippen molar-refractivity contribution >= 4 is 17.7 Å². The Balaban J connectivity index is 1.63. The Morgan fingerprint density at radius 2 is 2.04 bits per heavy atom. The molecule has 0 aromatic heterocycles. The van der Waals surface area contributed by atoms with Crippen molar-refractivity contribution in [1.29, 1.82) is 0 Å². The van der Waals surface area contributed by atoms with Crippen molar-refractivity contribution in [3.05, 3.63) is 30.3 Å². The lowest BCUT2D eigenvalue weighted by molar-refractivity contribution is -0.126. The van der Waals surface area contributed by atoms with Crippen LogP contribution < -0.4 is 10.2 Å². The second-order valence-corrected chi connectivity index (χ2v) is 6.74. The van der Waals surface area contributed by atoms with E-state index in [9.17, 15) is 9.59 Å². The Labute approximate surface area is 156 Å². The summed E-state index contributed by atoms with van der Waals surface area (Å²) >= 11 is 0. The van der Waals surface area contributed by atoms with Crippen LogP contribution in [0.25, 0.3) is 0 Å². The van der Waals surface area contributed by atoms with E-state index in [4.69, 9.17) is 4.74 Å². The smallest absolute Gasteiger partial charge is 0.409 e. The maximum absolute atomic E-state index is 12.3. The van der Waals surface area contributed by atoms with E-state index in [-0.39, 0.29) is 17.9 Å². The van der Waals surface area contributed by atoms with Gasteiger partial charge >= 0.3 is 6.09 Å². The first kappa shape index (κ1) is 20.1. The predicted molar refractivity (Wildman–Crippen MR) is 103 cm³/mol. The maximum Gasteiger partial charge on any atom is 0.409 e. The summed E-state index contributed by atoms with van der Waals surface area (Å²) < 4.78 is 5.03. The number of benzene rings is 1. The van der Waals surface area contributed by atoms with Gasteiger partial charge in [-0.3, -0.25) is 4.79 Å². The average Bonchev–Trinajstić information content (AvgIpc) is 2.68. The molecule has 0 aliphatic carbocycles. The van der Waals surface area contributed by atoms with Crippen molar-refractivity contribution in [3.63, 3.8) is 0 Å². The molecule has 26 heavy (non-hydrogen) atoms. The van der Waals surface area contributed by atoms with Crippen molar-refractivity contribution in [2.45, 2.75) is 32.6 Å². The van der Waals surface area contributed by atoms with Crippen LogP contribution in [0.15, 0.2) is 30.3 Å². The quantitative estimate of drug-likeness (QED) is 0.723. The molecule has 2 amide bonds. The third kappa shape index (κ3) is 6.24. The number of rotatable bonds is 8. The standard InChI is InChI=1S/C20H31N3O3/c1-3-26-20(25)23-15-9-10-17(16-23)19(24)21-13-7-8-14-22(2)18-11-5-4-6-12-18/h4-6,11-12,17H,3,7-10,13-16H2,1-2H3,(H,21,24). The number of unbranched alkanes of at least 4 members (excludes halogenated alkanes) is 1. The first-order valence-electron chi connectivity index (χ1n) is 9.57. The van der Waals surface area contributed by atoms with Gasteiger partial charge in [0.25, 0.3) is 0 Å². The number of amides is 2. The number of carbonyl (C=O) groups excluding carboxylic acids is 2. The Kier molecular flexibility index (Phi) is 8.25. The lowest BCUT2D eigenvalue weighted by Gasteiger charge is -2.31. The molecule has 0 spiro atoms. The molecule has 0 radical (unpaired) electrons. The molecule has 1 atom stereocenters. The van der Waals surface area contributed by atoms with E-state index in [1.165, 1.54) is 5.69 Å². The minimum absolute atomic E-state index is 0.0513. The zero-order chi connectivity index (χ0) is 18.8. The second kappa shape index (κ2) is 10.7. The van der Waals surface area contributed by atoms with Gasteiger partial charge in [-0.25, -0.2) is 4.79 Å². The molecule has 0 bridgehead atoms. The van der Waals surface area contributed by atoms with E-state index in [2.05, 4.69) is 29.4 Å². The number of anilines is 1. The molecule has 1 aliphatic heterocycles. The summed E-state index contributed by atoms with van der Waals surface area (Å²) in [6.07, 6.45) is 3.33. The number of nitrogens with one attached hydrogen (secondary N) is 1. The third-order valence-electron chi connectivity index (χ3n) is 4.73. The monoisotopic (exact) mass is 361 g/mol. The van der Waals surface area contributed by atoms with Gasteiger partial charge in [0.05, 0.1) is 12.5 Å². The van der Waals surface area contributed by atoms with Crippen LogP contribution in [0.1, 0.15) is 32.6 Å². The Morgan fingerprint density at radius 1 is 1.27 bits per heavy atom. The summed E-state index contributed by atoms with van der Waals surface area (Å²) in [5.74, 6) is -0.0736. The van der Waals surface area contributed by atoms with Crippen LogP contribution in [0.5, 0.6) is 0 Å². The molecule has 6 nitrogen and oxygen atoms in total. The van der Waals surface area contributed by atoms with Crippen molar-refractivity contribution in [1.82, 2.24) is 10.2 Å². The summed E-state index contributed by atoms with van der Waals surface area (Å²) in [7, 11) is 2.08. The van der Waals surface area contributed by atoms with Crippen molar-refractivity contribution in [3.8, 4) is 0 Å². The summed E-state index contributed by atoms with van der Waals surface area (Å²) in [6.45, 7) is 4.93. The summed E-state index contributed by atoms with van der Waals surface area (Å²) in [5.41, 5.74) is 1.21. The van der Waals surface area contributed by atoms with E-state index in [0.717, 1.165) is 32.2 Å². The normalized spacial score (nSPS) is 16.8. The van der Waals surface area contributed by atoms with Crippen LogP contribution in [-0.2, 0) is 9.53 Å². The highest BCUT2D eigenvalue weighted by atomic mass is 16.6. The highest BCUT2D eigenvalue weighted by Crippen LogP contribution is 2.17. The first-order chi connectivity index (χ1) is 12.6. The second-order valence-electron chi connectivity index (χ2n) is 6.74. The number of hydrogen-bond acceptors (Lipinski definition) is 4. The summed E-state index contributed by atoms with van der Waals surface area (Å²) in [5, 5.41) is 3.02. The molecular weight excluding hydrogens is 330 g/mol. The Hall–Kier alpha value is -2.24. The van der Waals surface area contributed by atoms with E-state index in [1.807, 2.05) is 18.2 Å². The largest absolute Gasteiger partial charge is 0.450 e. The highest BCUT2D eigenvalue weighted by Gasteiger charge is 2.28. The number of ether oxygens (including phenoxy) is 1. The van der Waals surface area contributed by atoms with Gasteiger partial charge < -0.3 is 19.9 Å². The number of carbonyl (C=O) groups is 2. The number of piperidine rings is 1. The zero-order valence-corrected chi connectivity index (χ0v) is 15.9. The fourth-order valence-electron chi connectivity index (χ4n) is 3.21. The Bertz CT molecular complexity index is 565. The van der Waals surface area contributed by atoms with Crippen LogP contribution in [0.3, 0.4) is 0 Å². The lowest BCUT2D eigenvalue weighted by atomic mass is 9.97. The van der Waals surface area contributed by atoms with Gasteiger partial charge in [-0.05, 0) is 44.7 Å². The van der Waals surface area contributed by atoms with Crippen LogP contribution in [0.2, 0.25) is 0 Å². The Morgan fingerprint density at radius 3 is 2.77 bits per heavy atom. The fourth-order valence-corrected chi connectivity index (χ4v) is 3.21. The number of likely N-dealkylation sites (tertiary alicyclic amines) is 1. The van der Waals surface area contributed by atoms with Crippen LogP contribution in [-0.4, -0.2) is 56.7 Å². The number of nitrogens with zero attached hydrogens (tertiary/aromatic N) is 2. The molecule has 1 N–H and O–H groups in total. The van der Waals surface area contributed by atoms with Gasteiger partial charge in [-0.15, -0.1) is 0 Å². The predicted octanol–water partition coefficient (Wildman–Crippen LogP) is 2.89. The van der Waals surface area contributed by atoms with Crippen molar-refractivity contribution in [2.24, 2.45) is 5.92 Å². The molecule has 1 unspecified atom stereocenters. The molecule has 0 saturated carbocycles. The minimum atomic E-state index is -0.311. The van der Waals surface area contributed by atoms with Gasteiger partial charge in [-0.2, -0.15) is 0 Å². The van der Waals surface area contributed by atoms with E-state index in [1.54, 1.807) is 11.8 Å². The van der Waals surface area contributed by atoms with Gasteiger partial charge in [-0.1, -0.05) is 18.2 Å². The SMILES string of the molecule is CCOC(=O)N1CCCC(C(=O)NCCCCN(C)c2ccccc2)C1. The average molecular weight is 361 g/mol. The number of hydrogen-bond donors (Lipinski definition) is 1.